The molecule has 1 aliphatic heterocycles. The Morgan fingerprint density at radius 2 is 2.25 bits per heavy atom. The maximum absolute atomic E-state index is 14.0. The fraction of sp³-hybridized carbons (Fsp3) is 0.471. The van der Waals surface area contributed by atoms with E-state index in [2.05, 4.69) is 22.4 Å². The van der Waals surface area contributed by atoms with Gasteiger partial charge in [0.1, 0.15) is 5.82 Å². The highest BCUT2D eigenvalue weighted by Crippen LogP contribution is 2.12. The van der Waals surface area contributed by atoms with Crippen LogP contribution in [-0.4, -0.2) is 29.6 Å². The number of amidine groups is 1. The van der Waals surface area contributed by atoms with Gasteiger partial charge in [-0.1, -0.05) is 50.1 Å². The van der Waals surface area contributed by atoms with Gasteiger partial charge in [-0.3, -0.25) is 4.79 Å². The van der Waals surface area contributed by atoms with Crippen LogP contribution >= 0.6 is 11.8 Å². The maximum atomic E-state index is 14.0. The summed E-state index contributed by atoms with van der Waals surface area (Å²) in [5, 5.41) is 10.8. The van der Waals surface area contributed by atoms with Crippen molar-refractivity contribution in [2.45, 2.75) is 39.2 Å². The molecule has 24 heavy (non-hydrogen) atoms. The smallest absolute Gasteiger partial charge is 0.236 e. The van der Waals surface area contributed by atoms with Crippen molar-refractivity contribution < 1.29 is 13.9 Å². The third kappa shape index (κ3) is 6.41. The monoisotopic (exact) mass is 351 g/mol. The summed E-state index contributed by atoms with van der Waals surface area (Å²) in [7, 11) is 0. The van der Waals surface area contributed by atoms with Crippen LogP contribution in [-0.2, 0) is 16.1 Å². The van der Waals surface area contributed by atoms with E-state index >= 15 is 0 Å². The predicted octanol–water partition coefficient (Wildman–Crippen LogP) is 3.48. The number of hydrogen-bond acceptors (Lipinski definition) is 5. The van der Waals surface area contributed by atoms with Crippen LogP contribution in [0.2, 0.25) is 0 Å². The number of carbonyl (C=O) groups is 1. The van der Waals surface area contributed by atoms with Gasteiger partial charge in [0, 0.05) is 12.2 Å². The van der Waals surface area contributed by atoms with Gasteiger partial charge >= 0.3 is 0 Å². The van der Waals surface area contributed by atoms with Gasteiger partial charge in [0.15, 0.2) is 5.17 Å². The average molecular weight is 351 g/mol. The predicted molar refractivity (Wildman–Crippen MR) is 95.8 cm³/mol. The lowest BCUT2D eigenvalue weighted by atomic mass is 10.1. The summed E-state index contributed by atoms with van der Waals surface area (Å²) >= 11 is 1.29. The molecule has 1 amide bonds. The van der Waals surface area contributed by atoms with E-state index in [0.717, 1.165) is 12.8 Å². The molecular formula is C17H22FN3O2S. The van der Waals surface area contributed by atoms with E-state index in [1.54, 1.807) is 12.1 Å². The molecule has 1 aromatic carbocycles. The van der Waals surface area contributed by atoms with Gasteiger partial charge in [0.05, 0.1) is 18.6 Å². The van der Waals surface area contributed by atoms with Crippen LogP contribution in [0.1, 0.15) is 43.7 Å². The van der Waals surface area contributed by atoms with E-state index in [-0.39, 0.29) is 18.3 Å². The number of halogens is 1. The molecule has 0 unspecified atom stereocenters. The van der Waals surface area contributed by atoms with Crippen LogP contribution in [0.25, 0.3) is 0 Å². The fourth-order valence-electron chi connectivity index (χ4n) is 2.10. The first-order valence-corrected chi connectivity index (χ1v) is 9.07. The Kier molecular flexibility index (Phi) is 7.91. The largest absolute Gasteiger partial charge is 0.377 e. The second kappa shape index (κ2) is 10.2. The van der Waals surface area contributed by atoms with Crippen molar-refractivity contribution in [3.63, 3.8) is 0 Å². The minimum atomic E-state index is -0.316. The van der Waals surface area contributed by atoms with Crippen molar-refractivity contribution in [2.75, 3.05) is 12.4 Å². The van der Waals surface area contributed by atoms with Gasteiger partial charge in [-0.25, -0.2) is 4.39 Å². The van der Waals surface area contributed by atoms with E-state index in [9.17, 15) is 9.18 Å². The Balaban J connectivity index is 1.80. The minimum absolute atomic E-state index is 0.0842. The second-order valence-electron chi connectivity index (χ2n) is 5.45. The quantitative estimate of drug-likeness (QED) is 0.421. The van der Waals surface area contributed by atoms with E-state index < -0.39 is 0 Å². The van der Waals surface area contributed by atoms with Gasteiger partial charge in [-0.15, -0.1) is 5.10 Å². The highest BCUT2D eigenvalue weighted by Gasteiger charge is 2.15. The molecule has 1 aliphatic rings. The van der Waals surface area contributed by atoms with Crippen molar-refractivity contribution in [1.29, 1.82) is 0 Å². The number of nitrogens with zero attached hydrogens (tertiary/aromatic N) is 2. The molecule has 7 heteroatoms. The summed E-state index contributed by atoms with van der Waals surface area (Å²) in [5.74, 6) is -0.0430. The minimum Gasteiger partial charge on any atom is -0.377 e. The van der Waals surface area contributed by atoms with Gasteiger partial charge in [0.25, 0.3) is 0 Å². The Bertz CT molecular complexity index is 620. The topological polar surface area (TPSA) is 63.1 Å². The molecule has 0 bridgehead atoms. The molecule has 1 heterocycles. The zero-order valence-electron chi connectivity index (χ0n) is 13.8. The molecule has 5 nitrogen and oxygen atoms in total. The van der Waals surface area contributed by atoms with Crippen LogP contribution in [0, 0.1) is 5.82 Å². The summed E-state index contributed by atoms with van der Waals surface area (Å²) in [6, 6.07) is 4.87. The highest BCUT2D eigenvalue weighted by molar-refractivity contribution is 8.15. The lowest BCUT2D eigenvalue weighted by Gasteiger charge is -2.06. The zero-order chi connectivity index (χ0) is 17.2. The van der Waals surface area contributed by atoms with Crippen molar-refractivity contribution in [3.8, 4) is 0 Å². The van der Waals surface area contributed by atoms with Crippen LogP contribution < -0.4 is 5.32 Å². The number of rotatable bonds is 9. The van der Waals surface area contributed by atoms with Gasteiger partial charge in [0.2, 0.25) is 5.91 Å². The number of hydrogen-bond donors (Lipinski definition) is 1. The Morgan fingerprint density at radius 3 is 2.96 bits per heavy atom. The normalized spacial score (nSPS) is 16.2. The SMILES string of the molecule is CCCCCCOCc1ccc(C=NN=C2NC(=O)CS2)cc1F. The molecule has 0 radical (unpaired) electrons. The maximum Gasteiger partial charge on any atom is 0.236 e. The van der Waals surface area contributed by atoms with Crippen molar-refractivity contribution >= 4 is 29.1 Å². The second-order valence-corrected chi connectivity index (χ2v) is 6.41. The number of carbonyl (C=O) groups excluding carboxylic acids is 1. The molecule has 0 spiro atoms. The van der Waals surface area contributed by atoms with E-state index in [4.69, 9.17) is 4.74 Å². The Morgan fingerprint density at radius 1 is 1.38 bits per heavy atom. The first kappa shape index (κ1) is 18.6. The Labute approximate surface area is 145 Å². The summed E-state index contributed by atoms with van der Waals surface area (Å²) in [6.07, 6.45) is 6.01. The molecule has 1 saturated heterocycles. The van der Waals surface area contributed by atoms with E-state index in [0.29, 0.717) is 28.7 Å². The van der Waals surface area contributed by atoms with Gasteiger partial charge in [-0.2, -0.15) is 5.10 Å². The third-order valence-electron chi connectivity index (χ3n) is 3.42. The molecule has 0 atom stereocenters. The number of amides is 1. The number of nitrogens with one attached hydrogen (secondary N) is 1. The molecule has 0 saturated carbocycles. The molecule has 2 rings (SSSR count). The zero-order valence-corrected chi connectivity index (χ0v) is 14.6. The fourth-order valence-corrected chi connectivity index (χ4v) is 2.73. The molecule has 1 aromatic rings. The highest BCUT2D eigenvalue weighted by atomic mass is 32.2. The summed E-state index contributed by atoms with van der Waals surface area (Å²) < 4.78 is 19.5. The first-order valence-electron chi connectivity index (χ1n) is 8.09. The molecular weight excluding hydrogens is 329 g/mol. The van der Waals surface area contributed by atoms with E-state index in [1.165, 1.54) is 36.9 Å². The molecule has 1 fully saturated rings. The van der Waals surface area contributed by atoms with Gasteiger partial charge < -0.3 is 10.1 Å². The Hall–Kier alpha value is -1.73. The lowest BCUT2D eigenvalue weighted by molar-refractivity contribution is -0.116. The lowest BCUT2D eigenvalue weighted by Crippen LogP contribution is -2.19. The first-order chi connectivity index (χ1) is 11.7. The number of unbranched alkanes of at least 4 members (excludes halogenated alkanes) is 3. The van der Waals surface area contributed by atoms with E-state index in [1.807, 2.05) is 0 Å². The van der Waals surface area contributed by atoms with Crippen LogP contribution in [0.5, 0.6) is 0 Å². The van der Waals surface area contributed by atoms with Crippen LogP contribution in [0.15, 0.2) is 28.4 Å². The van der Waals surface area contributed by atoms with Crippen LogP contribution in [0.3, 0.4) is 0 Å². The number of benzene rings is 1. The standard InChI is InChI=1S/C17H22FN3O2S/c1-2-3-4-5-8-23-11-14-7-6-13(9-15(14)18)10-19-21-17-20-16(22)12-24-17/h6-7,9-10H,2-5,8,11-12H2,1H3,(H,20,21,22). The van der Waals surface area contributed by atoms with Crippen LogP contribution in [0.4, 0.5) is 4.39 Å². The summed E-state index contributed by atoms with van der Waals surface area (Å²) in [4.78, 5) is 11.0. The molecule has 0 aliphatic carbocycles. The van der Waals surface area contributed by atoms with Gasteiger partial charge in [-0.05, 0) is 18.1 Å². The van der Waals surface area contributed by atoms with Crippen molar-refractivity contribution in [1.82, 2.24) is 5.32 Å². The van der Waals surface area contributed by atoms with Crippen molar-refractivity contribution in [3.05, 3.63) is 35.1 Å². The van der Waals surface area contributed by atoms with Crippen molar-refractivity contribution in [2.24, 2.45) is 10.2 Å². The number of thioether (sulfide) groups is 1. The number of ether oxygens (including phenoxy) is 1. The third-order valence-corrected chi connectivity index (χ3v) is 4.28. The summed E-state index contributed by atoms with van der Waals surface area (Å²) in [5.41, 5.74) is 1.14. The summed E-state index contributed by atoms with van der Waals surface area (Å²) in [6.45, 7) is 3.10. The molecule has 130 valence electrons. The molecule has 0 aromatic heterocycles. The molecule has 1 N–H and O–H groups in total. The average Bonchev–Trinajstić information content (AvgIpc) is 2.98.